The van der Waals surface area contributed by atoms with Crippen LogP contribution in [0.5, 0.6) is 0 Å². The maximum absolute atomic E-state index is 12.3. The minimum absolute atomic E-state index is 0.318. The van der Waals surface area contributed by atoms with Crippen LogP contribution in [0.3, 0.4) is 0 Å². The number of rotatable bonds is 5. The van der Waals surface area contributed by atoms with Gasteiger partial charge >= 0.3 is 0 Å². The standard InChI is InChI=1S/C20H19NO2S/c1-16(19-13-7-11-18-10-5-6-12-20(18)19)21-24(22,23)15-14-17-8-3-2-4-9-17/h2-16,21H,1H3/b15-14+. The number of hydrogen-bond acceptors (Lipinski definition) is 2. The van der Waals surface area contributed by atoms with Crippen LogP contribution >= 0.6 is 0 Å². The predicted molar refractivity (Wildman–Crippen MR) is 99.9 cm³/mol. The van der Waals surface area contributed by atoms with E-state index >= 15 is 0 Å². The van der Waals surface area contributed by atoms with Crippen molar-refractivity contribution in [1.29, 1.82) is 0 Å². The fourth-order valence-corrected chi connectivity index (χ4v) is 3.74. The first-order chi connectivity index (χ1) is 11.6. The average Bonchev–Trinajstić information content (AvgIpc) is 2.60. The molecule has 0 saturated heterocycles. The van der Waals surface area contributed by atoms with Crippen molar-refractivity contribution in [3.05, 3.63) is 89.3 Å². The molecule has 0 aliphatic rings. The van der Waals surface area contributed by atoms with Gasteiger partial charge in [0.05, 0.1) is 0 Å². The van der Waals surface area contributed by atoms with Crippen molar-refractivity contribution >= 4 is 26.9 Å². The molecular weight excluding hydrogens is 318 g/mol. The van der Waals surface area contributed by atoms with E-state index in [2.05, 4.69) is 4.72 Å². The number of nitrogens with one attached hydrogen (secondary N) is 1. The summed E-state index contributed by atoms with van der Waals surface area (Å²) in [7, 11) is -3.53. The zero-order chi connectivity index (χ0) is 17.0. The Hall–Kier alpha value is -2.43. The minimum Gasteiger partial charge on any atom is -0.208 e. The second-order valence-electron chi connectivity index (χ2n) is 5.67. The first-order valence-corrected chi connectivity index (χ1v) is 9.33. The summed E-state index contributed by atoms with van der Waals surface area (Å²) in [5.74, 6) is 0. The van der Waals surface area contributed by atoms with Crippen molar-refractivity contribution in [2.75, 3.05) is 0 Å². The molecule has 0 bridgehead atoms. The van der Waals surface area contributed by atoms with Crippen molar-refractivity contribution in [1.82, 2.24) is 4.72 Å². The summed E-state index contributed by atoms with van der Waals surface area (Å²) in [6, 6.07) is 22.9. The lowest BCUT2D eigenvalue weighted by Gasteiger charge is -2.15. The van der Waals surface area contributed by atoms with Gasteiger partial charge in [0, 0.05) is 11.4 Å². The highest BCUT2D eigenvalue weighted by molar-refractivity contribution is 7.92. The third kappa shape index (κ3) is 3.91. The van der Waals surface area contributed by atoms with Crippen LogP contribution in [0.15, 0.2) is 78.2 Å². The third-order valence-electron chi connectivity index (χ3n) is 3.87. The second kappa shape index (κ2) is 6.99. The molecule has 3 aromatic rings. The van der Waals surface area contributed by atoms with E-state index in [0.29, 0.717) is 0 Å². The van der Waals surface area contributed by atoms with Gasteiger partial charge in [0.2, 0.25) is 10.0 Å². The Morgan fingerprint density at radius 3 is 2.33 bits per heavy atom. The van der Waals surface area contributed by atoms with E-state index in [1.54, 1.807) is 6.08 Å². The maximum Gasteiger partial charge on any atom is 0.234 e. The van der Waals surface area contributed by atoms with Gasteiger partial charge in [-0.1, -0.05) is 72.8 Å². The van der Waals surface area contributed by atoms with Crippen LogP contribution in [0.2, 0.25) is 0 Å². The van der Waals surface area contributed by atoms with Crippen molar-refractivity contribution in [2.45, 2.75) is 13.0 Å². The molecule has 3 aromatic carbocycles. The number of benzene rings is 3. The SMILES string of the molecule is CC(NS(=O)(=O)/C=C/c1ccccc1)c1cccc2ccccc12. The Balaban J connectivity index is 1.83. The van der Waals surface area contributed by atoms with Gasteiger partial charge in [0.1, 0.15) is 0 Å². The summed E-state index contributed by atoms with van der Waals surface area (Å²) >= 11 is 0. The molecule has 0 aromatic heterocycles. The molecule has 1 unspecified atom stereocenters. The highest BCUT2D eigenvalue weighted by Crippen LogP contribution is 2.24. The topological polar surface area (TPSA) is 46.2 Å². The Labute approximate surface area is 142 Å². The summed E-state index contributed by atoms with van der Waals surface area (Å²) in [6.45, 7) is 1.86. The predicted octanol–water partition coefficient (Wildman–Crippen LogP) is 4.49. The number of sulfonamides is 1. The molecule has 0 saturated carbocycles. The Morgan fingerprint density at radius 2 is 1.54 bits per heavy atom. The molecule has 0 heterocycles. The number of hydrogen-bond donors (Lipinski definition) is 1. The molecule has 3 rings (SSSR count). The zero-order valence-electron chi connectivity index (χ0n) is 13.4. The molecule has 0 aliphatic heterocycles. The van der Waals surface area contributed by atoms with Gasteiger partial charge in [-0.3, -0.25) is 0 Å². The lowest BCUT2D eigenvalue weighted by molar-refractivity contribution is 0.577. The van der Waals surface area contributed by atoms with E-state index in [9.17, 15) is 8.42 Å². The summed E-state index contributed by atoms with van der Waals surface area (Å²) in [4.78, 5) is 0. The van der Waals surface area contributed by atoms with Crippen LogP contribution in [-0.2, 0) is 10.0 Å². The Kier molecular flexibility index (Phi) is 4.79. The van der Waals surface area contributed by atoms with Crippen molar-refractivity contribution in [3.63, 3.8) is 0 Å². The second-order valence-corrected chi connectivity index (χ2v) is 7.26. The lowest BCUT2D eigenvalue weighted by atomic mass is 10.0. The minimum atomic E-state index is -3.53. The van der Waals surface area contributed by atoms with Crippen LogP contribution in [0.4, 0.5) is 0 Å². The molecule has 0 amide bonds. The molecule has 122 valence electrons. The monoisotopic (exact) mass is 337 g/mol. The molecule has 0 spiro atoms. The average molecular weight is 337 g/mol. The molecule has 0 aliphatic carbocycles. The van der Waals surface area contributed by atoms with E-state index in [4.69, 9.17) is 0 Å². The van der Waals surface area contributed by atoms with Gasteiger partial charge in [-0.2, -0.15) is 0 Å². The van der Waals surface area contributed by atoms with E-state index in [-0.39, 0.29) is 6.04 Å². The maximum atomic E-state index is 12.3. The zero-order valence-corrected chi connectivity index (χ0v) is 14.2. The number of fused-ring (bicyclic) bond motifs is 1. The highest BCUT2D eigenvalue weighted by atomic mass is 32.2. The fraction of sp³-hybridized carbons (Fsp3) is 0.100. The van der Waals surface area contributed by atoms with E-state index in [0.717, 1.165) is 21.9 Å². The van der Waals surface area contributed by atoms with Crippen molar-refractivity contribution in [3.8, 4) is 0 Å². The van der Waals surface area contributed by atoms with Gasteiger partial charge in [-0.15, -0.1) is 0 Å². The molecule has 3 nitrogen and oxygen atoms in total. The normalized spacial score (nSPS) is 13.4. The Morgan fingerprint density at radius 1 is 0.875 bits per heavy atom. The van der Waals surface area contributed by atoms with Gasteiger partial charge in [-0.25, -0.2) is 13.1 Å². The van der Waals surface area contributed by atoms with Crippen LogP contribution in [0, 0.1) is 0 Å². The fourth-order valence-electron chi connectivity index (χ4n) is 2.71. The molecule has 0 fully saturated rings. The summed E-state index contributed by atoms with van der Waals surface area (Å²) in [6.07, 6.45) is 1.60. The molecule has 0 radical (unpaired) electrons. The van der Waals surface area contributed by atoms with E-state index in [1.165, 1.54) is 5.41 Å². The van der Waals surface area contributed by atoms with E-state index in [1.807, 2.05) is 79.7 Å². The smallest absolute Gasteiger partial charge is 0.208 e. The van der Waals surface area contributed by atoms with Crippen LogP contribution < -0.4 is 4.72 Å². The lowest BCUT2D eigenvalue weighted by Crippen LogP contribution is -2.24. The van der Waals surface area contributed by atoms with Crippen molar-refractivity contribution in [2.24, 2.45) is 0 Å². The quantitative estimate of drug-likeness (QED) is 0.745. The largest absolute Gasteiger partial charge is 0.234 e. The van der Waals surface area contributed by atoms with Gasteiger partial charge in [0.15, 0.2) is 0 Å². The molecular formula is C20H19NO2S. The van der Waals surface area contributed by atoms with Gasteiger partial charge < -0.3 is 0 Å². The van der Waals surface area contributed by atoms with E-state index < -0.39 is 10.0 Å². The third-order valence-corrected chi connectivity index (χ3v) is 5.05. The summed E-state index contributed by atoms with van der Waals surface area (Å²) in [5.41, 5.74) is 1.81. The highest BCUT2D eigenvalue weighted by Gasteiger charge is 2.14. The molecule has 24 heavy (non-hydrogen) atoms. The van der Waals surface area contributed by atoms with Gasteiger partial charge in [-0.05, 0) is 34.9 Å². The first kappa shape index (κ1) is 16.4. The first-order valence-electron chi connectivity index (χ1n) is 7.78. The van der Waals surface area contributed by atoms with Crippen molar-refractivity contribution < 1.29 is 8.42 Å². The van der Waals surface area contributed by atoms with Crippen LogP contribution in [0.1, 0.15) is 24.1 Å². The van der Waals surface area contributed by atoms with Gasteiger partial charge in [0.25, 0.3) is 0 Å². The molecule has 1 atom stereocenters. The summed E-state index contributed by atoms with van der Waals surface area (Å²) < 4.78 is 27.4. The molecule has 4 heteroatoms. The molecule has 1 N–H and O–H groups in total. The van der Waals surface area contributed by atoms with Crippen LogP contribution in [0.25, 0.3) is 16.8 Å². The Bertz CT molecular complexity index is 958. The summed E-state index contributed by atoms with van der Waals surface area (Å²) in [5, 5.41) is 3.37. The van der Waals surface area contributed by atoms with Crippen LogP contribution in [-0.4, -0.2) is 8.42 Å².